The van der Waals surface area contributed by atoms with Gasteiger partial charge < -0.3 is 5.32 Å². The minimum Gasteiger partial charge on any atom is -0.325 e. The van der Waals surface area contributed by atoms with Crippen LogP contribution in [0.15, 0.2) is 26.9 Å². The maximum atomic E-state index is 13.1. The Morgan fingerprint density at radius 3 is 2.65 bits per heavy atom. The van der Waals surface area contributed by atoms with Gasteiger partial charge in [-0.3, -0.25) is 4.79 Å². The van der Waals surface area contributed by atoms with Crippen molar-refractivity contribution in [1.29, 1.82) is 0 Å². The van der Waals surface area contributed by atoms with Gasteiger partial charge in [-0.05, 0) is 18.6 Å². The number of nitrogens with zero attached hydrogens (tertiary/aromatic N) is 2. The third-order valence-corrected chi connectivity index (χ3v) is 5.92. The van der Waals surface area contributed by atoms with Gasteiger partial charge in [-0.25, -0.2) is 8.78 Å². The van der Waals surface area contributed by atoms with Gasteiger partial charge >= 0.3 is 0 Å². The van der Waals surface area contributed by atoms with E-state index in [-0.39, 0.29) is 17.3 Å². The molecule has 0 radical (unpaired) electrons. The molecule has 0 spiro atoms. The maximum Gasteiger partial charge on any atom is 0.234 e. The van der Waals surface area contributed by atoms with Gasteiger partial charge in [0.2, 0.25) is 5.91 Å². The number of nitrogens with one attached hydrogen (secondary N) is 1. The molecule has 1 N–H and O–H groups in total. The van der Waals surface area contributed by atoms with Gasteiger partial charge in [-0.1, -0.05) is 48.2 Å². The Bertz CT molecular complexity index is 666. The van der Waals surface area contributed by atoms with E-state index in [0.717, 1.165) is 35.1 Å². The summed E-state index contributed by atoms with van der Waals surface area (Å²) < 4.78 is 27.5. The lowest BCUT2D eigenvalue weighted by molar-refractivity contribution is -0.113. The van der Waals surface area contributed by atoms with Crippen molar-refractivity contribution in [1.82, 2.24) is 10.2 Å². The number of aromatic nitrogens is 2. The molecule has 124 valence electrons. The lowest BCUT2D eigenvalue weighted by Gasteiger charge is -2.04. The molecule has 0 aliphatic carbocycles. The number of benzene rings is 1. The second-order valence-electron chi connectivity index (χ2n) is 4.50. The monoisotopic (exact) mass is 375 g/mol. The number of unbranched alkanes of at least 4 members (excludes halogenated alkanes) is 1. The molecule has 1 aromatic heterocycles. The van der Waals surface area contributed by atoms with E-state index in [2.05, 4.69) is 22.4 Å². The van der Waals surface area contributed by atoms with Crippen LogP contribution in [0.25, 0.3) is 0 Å². The molecule has 2 aromatic rings. The van der Waals surface area contributed by atoms with Crippen molar-refractivity contribution in [2.75, 3.05) is 16.8 Å². The molecule has 9 heteroatoms. The average Bonchev–Trinajstić information content (AvgIpc) is 2.97. The number of rotatable bonds is 8. The molecule has 0 unspecified atom stereocenters. The Kier molecular flexibility index (Phi) is 7.25. The summed E-state index contributed by atoms with van der Waals surface area (Å²) in [5.41, 5.74) is 0.225. The van der Waals surface area contributed by atoms with E-state index in [0.29, 0.717) is 4.34 Å². The predicted octanol–water partition coefficient (Wildman–Crippen LogP) is 4.44. The number of hydrogen-bond acceptors (Lipinski definition) is 6. The van der Waals surface area contributed by atoms with Crippen LogP contribution in [-0.4, -0.2) is 27.6 Å². The van der Waals surface area contributed by atoms with Gasteiger partial charge in [0.15, 0.2) is 20.3 Å². The SMILES string of the molecule is CCCCSc1nnc(SCC(=O)Nc2ccc(F)c(F)c2)s1. The lowest BCUT2D eigenvalue weighted by atomic mass is 10.3. The standard InChI is InChI=1S/C14H15F2N3OS3/c1-2-3-6-21-13-18-19-14(23-13)22-8-12(20)17-9-4-5-10(15)11(16)7-9/h4-5,7H,2-3,6,8H2,1H3,(H,17,20). The Morgan fingerprint density at radius 2 is 1.96 bits per heavy atom. The summed E-state index contributed by atoms with van der Waals surface area (Å²) in [6, 6.07) is 3.24. The first-order valence-corrected chi connectivity index (χ1v) is 9.71. The van der Waals surface area contributed by atoms with E-state index in [1.54, 1.807) is 11.8 Å². The van der Waals surface area contributed by atoms with Crippen LogP contribution in [0.2, 0.25) is 0 Å². The Balaban J connectivity index is 1.78. The number of halogens is 2. The van der Waals surface area contributed by atoms with Crippen molar-refractivity contribution >= 4 is 46.5 Å². The lowest BCUT2D eigenvalue weighted by Crippen LogP contribution is -2.14. The molecule has 0 aliphatic rings. The third-order valence-electron chi connectivity index (χ3n) is 2.64. The van der Waals surface area contributed by atoms with Crippen LogP contribution in [0, 0.1) is 11.6 Å². The van der Waals surface area contributed by atoms with Crippen molar-refractivity contribution < 1.29 is 13.6 Å². The summed E-state index contributed by atoms with van der Waals surface area (Å²) in [6.07, 6.45) is 2.26. The molecule has 0 fully saturated rings. The molecule has 4 nitrogen and oxygen atoms in total. The van der Waals surface area contributed by atoms with Gasteiger partial charge in [0.25, 0.3) is 0 Å². The Morgan fingerprint density at radius 1 is 1.22 bits per heavy atom. The summed E-state index contributed by atoms with van der Waals surface area (Å²) in [5, 5.41) is 10.6. The molecule has 0 saturated carbocycles. The highest BCUT2D eigenvalue weighted by molar-refractivity contribution is 8.03. The highest BCUT2D eigenvalue weighted by atomic mass is 32.2. The van der Waals surface area contributed by atoms with Crippen LogP contribution < -0.4 is 5.32 Å². The maximum absolute atomic E-state index is 13.1. The third kappa shape index (κ3) is 6.08. The van der Waals surface area contributed by atoms with Crippen LogP contribution in [0.3, 0.4) is 0 Å². The zero-order chi connectivity index (χ0) is 16.7. The molecule has 0 saturated heterocycles. The fourth-order valence-electron chi connectivity index (χ4n) is 1.52. The Hall–Kier alpha value is -1.19. The first-order valence-electron chi connectivity index (χ1n) is 6.92. The molecular formula is C14H15F2N3OS3. The second kappa shape index (κ2) is 9.19. The molecule has 2 rings (SSSR count). The van der Waals surface area contributed by atoms with E-state index in [9.17, 15) is 13.6 Å². The highest BCUT2D eigenvalue weighted by Crippen LogP contribution is 2.29. The van der Waals surface area contributed by atoms with Gasteiger partial charge in [0.1, 0.15) is 0 Å². The summed E-state index contributed by atoms with van der Waals surface area (Å²) in [4.78, 5) is 11.8. The van der Waals surface area contributed by atoms with Crippen molar-refractivity contribution in [2.24, 2.45) is 0 Å². The van der Waals surface area contributed by atoms with Crippen LogP contribution in [0.1, 0.15) is 19.8 Å². The number of thioether (sulfide) groups is 2. The molecule has 1 aromatic carbocycles. The highest BCUT2D eigenvalue weighted by Gasteiger charge is 2.10. The average molecular weight is 375 g/mol. The topological polar surface area (TPSA) is 54.9 Å². The van der Waals surface area contributed by atoms with E-state index in [4.69, 9.17) is 0 Å². The van der Waals surface area contributed by atoms with Gasteiger partial charge in [-0.2, -0.15) is 0 Å². The minimum absolute atomic E-state index is 0.132. The zero-order valence-corrected chi connectivity index (χ0v) is 14.8. The normalized spacial score (nSPS) is 10.7. The first-order chi connectivity index (χ1) is 11.1. The molecule has 1 heterocycles. The van der Waals surface area contributed by atoms with Crippen LogP contribution >= 0.6 is 34.9 Å². The predicted molar refractivity (Wildman–Crippen MR) is 91.3 cm³/mol. The smallest absolute Gasteiger partial charge is 0.234 e. The largest absolute Gasteiger partial charge is 0.325 e. The van der Waals surface area contributed by atoms with E-state index in [1.807, 2.05) is 0 Å². The van der Waals surface area contributed by atoms with E-state index in [1.165, 1.54) is 29.2 Å². The van der Waals surface area contributed by atoms with Gasteiger partial charge in [-0.15, -0.1) is 10.2 Å². The van der Waals surface area contributed by atoms with E-state index >= 15 is 0 Å². The number of anilines is 1. The summed E-state index contributed by atoms with van der Waals surface area (Å²) in [6.45, 7) is 2.13. The van der Waals surface area contributed by atoms with Crippen LogP contribution in [0.4, 0.5) is 14.5 Å². The number of hydrogen-bond donors (Lipinski definition) is 1. The van der Waals surface area contributed by atoms with Crippen molar-refractivity contribution in [3.05, 3.63) is 29.8 Å². The van der Waals surface area contributed by atoms with Crippen molar-refractivity contribution in [2.45, 2.75) is 28.4 Å². The fraction of sp³-hybridized carbons (Fsp3) is 0.357. The summed E-state index contributed by atoms with van der Waals surface area (Å²) in [5.74, 6) is -1.11. The fourth-order valence-corrected chi connectivity index (χ4v) is 4.49. The molecule has 1 amide bonds. The quantitative estimate of drug-likeness (QED) is 0.546. The first kappa shape index (κ1) is 18.2. The van der Waals surface area contributed by atoms with Crippen LogP contribution in [0.5, 0.6) is 0 Å². The Labute approximate surface area is 145 Å². The number of carbonyl (C=O) groups is 1. The van der Waals surface area contributed by atoms with Crippen LogP contribution in [-0.2, 0) is 4.79 Å². The second-order valence-corrected chi connectivity index (χ2v) is 8.04. The summed E-state index contributed by atoms with van der Waals surface area (Å²) in [7, 11) is 0. The van der Waals surface area contributed by atoms with E-state index < -0.39 is 11.6 Å². The summed E-state index contributed by atoms with van der Waals surface area (Å²) >= 11 is 4.38. The zero-order valence-electron chi connectivity index (χ0n) is 12.3. The van der Waals surface area contributed by atoms with Crippen molar-refractivity contribution in [3.63, 3.8) is 0 Å². The molecule has 0 bridgehead atoms. The number of amides is 1. The van der Waals surface area contributed by atoms with Crippen molar-refractivity contribution in [3.8, 4) is 0 Å². The molecule has 23 heavy (non-hydrogen) atoms. The van der Waals surface area contributed by atoms with Gasteiger partial charge in [0, 0.05) is 17.5 Å². The number of carbonyl (C=O) groups excluding carboxylic acids is 1. The minimum atomic E-state index is -0.992. The molecule has 0 atom stereocenters. The molecule has 0 aliphatic heterocycles. The van der Waals surface area contributed by atoms with Gasteiger partial charge in [0.05, 0.1) is 5.75 Å². The molecular weight excluding hydrogens is 360 g/mol.